The predicted octanol–water partition coefficient (Wildman–Crippen LogP) is 1.90. The van der Waals surface area contributed by atoms with Gasteiger partial charge in [-0.15, -0.1) is 0 Å². The van der Waals surface area contributed by atoms with E-state index in [9.17, 15) is 4.79 Å². The van der Waals surface area contributed by atoms with Gasteiger partial charge in [-0.2, -0.15) is 0 Å². The number of hydrogen-bond donors (Lipinski definition) is 1. The highest BCUT2D eigenvalue weighted by molar-refractivity contribution is 5.87. The van der Waals surface area contributed by atoms with E-state index in [0.29, 0.717) is 12.4 Å². The molecule has 0 aliphatic carbocycles. The molecule has 6 nitrogen and oxygen atoms in total. The van der Waals surface area contributed by atoms with Crippen LogP contribution in [0.15, 0.2) is 24.3 Å². The summed E-state index contributed by atoms with van der Waals surface area (Å²) in [6.07, 6.45) is 0. The quantitative estimate of drug-likeness (QED) is 0.912. The maximum Gasteiger partial charge on any atom is 0.228 e. The lowest BCUT2D eigenvalue weighted by Crippen LogP contribution is -2.51. The molecule has 3 rings (SSSR count). The van der Waals surface area contributed by atoms with Gasteiger partial charge in [0.2, 0.25) is 5.91 Å². The van der Waals surface area contributed by atoms with Gasteiger partial charge in [0, 0.05) is 37.0 Å². The highest BCUT2D eigenvalue weighted by atomic mass is 16.2. The van der Waals surface area contributed by atoms with Crippen LogP contribution in [0.3, 0.4) is 0 Å². The van der Waals surface area contributed by atoms with E-state index in [4.69, 9.17) is 5.73 Å². The van der Waals surface area contributed by atoms with Crippen molar-refractivity contribution >= 4 is 22.6 Å². The predicted molar refractivity (Wildman–Crippen MR) is 95.3 cm³/mol. The number of carbonyl (C=O) groups is 1. The van der Waals surface area contributed by atoms with Crippen LogP contribution in [0.1, 0.15) is 26.6 Å². The lowest BCUT2D eigenvalue weighted by Gasteiger charge is -2.37. The molecular formula is C18H25N5O. The Balaban J connectivity index is 1.65. The number of amides is 1. The number of fused-ring (bicyclic) bond motifs is 1. The van der Waals surface area contributed by atoms with E-state index in [2.05, 4.69) is 14.9 Å². The lowest BCUT2D eigenvalue weighted by atomic mass is 9.94. The van der Waals surface area contributed by atoms with E-state index in [1.807, 2.05) is 49.9 Å². The molecule has 128 valence electrons. The largest absolute Gasteiger partial charge is 0.383 e. The molecule has 2 aromatic rings. The minimum Gasteiger partial charge on any atom is -0.383 e. The molecule has 1 aromatic carbocycles. The first-order chi connectivity index (χ1) is 11.3. The van der Waals surface area contributed by atoms with Gasteiger partial charge in [0.25, 0.3) is 0 Å². The highest BCUT2D eigenvalue weighted by Gasteiger charge is 2.29. The van der Waals surface area contributed by atoms with Crippen molar-refractivity contribution < 1.29 is 4.79 Å². The summed E-state index contributed by atoms with van der Waals surface area (Å²) >= 11 is 0. The Bertz CT molecular complexity index is 745. The smallest absolute Gasteiger partial charge is 0.228 e. The summed E-state index contributed by atoms with van der Waals surface area (Å²) < 4.78 is 0. The van der Waals surface area contributed by atoms with Gasteiger partial charge in [-0.3, -0.25) is 9.69 Å². The summed E-state index contributed by atoms with van der Waals surface area (Å²) in [4.78, 5) is 25.6. The van der Waals surface area contributed by atoms with Gasteiger partial charge in [-0.05, 0) is 12.1 Å². The van der Waals surface area contributed by atoms with Gasteiger partial charge in [0.1, 0.15) is 11.6 Å². The van der Waals surface area contributed by atoms with Crippen LogP contribution in [-0.4, -0.2) is 51.9 Å². The second kappa shape index (κ2) is 6.36. The van der Waals surface area contributed by atoms with Crippen molar-refractivity contribution in [3.8, 4) is 0 Å². The Morgan fingerprint density at radius 2 is 1.79 bits per heavy atom. The molecule has 6 heteroatoms. The van der Waals surface area contributed by atoms with Crippen molar-refractivity contribution in [3.63, 3.8) is 0 Å². The number of rotatable bonds is 2. The zero-order valence-electron chi connectivity index (χ0n) is 14.6. The molecule has 1 aliphatic heterocycles. The number of carbonyl (C=O) groups excluding carboxylic acids is 1. The number of nitrogens with zero attached hydrogens (tertiary/aromatic N) is 4. The molecule has 1 fully saturated rings. The molecule has 0 unspecified atom stereocenters. The number of benzene rings is 1. The van der Waals surface area contributed by atoms with Gasteiger partial charge in [0.05, 0.1) is 12.1 Å². The Morgan fingerprint density at radius 1 is 1.12 bits per heavy atom. The van der Waals surface area contributed by atoms with Crippen molar-refractivity contribution in [1.82, 2.24) is 19.8 Å². The van der Waals surface area contributed by atoms with Gasteiger partial charge in [-0.25, -0.2) is 9.97 Å². The van der Waals surface area contributed by atoms with Crippen LogP contribution in [0.2, 0.25) is 0 Å². The first-order valence-corrected chi connectivity index (χ1v) is 8.37. The number of hydrogen-bond acceptors (Lipinski definition) is 5. The van der Waals surface area contributed by atoms with Gasteiger partial charge < -0.3 is 10.6 Å². The third-order valence-corrected chi connectivity index (χ3v) is 4.35. The Labute approximate surface area is 142 Å². The Kier molecular flexibility index (Phi) is 4.41. The van der Waals surface area contributed by atoms with Crippen molar-refractivity contribution in [2.24, 2.45) is 5.41 Å². The summed E-state index contributed by atoms with van der Waals surface area (Å²) in [5, 5.41) is 0.891. The summed E-state index contributed by atoms with van der Waals surface area (Å²) in [6.45, 7) is 9.72. The SMILES string of the molecule is CC(C)(C)C(=O)N1CCN(Cc2nc(N)c3ccccc3n2)CC1. The van der Waals surface area contributed by atoms with Gasteiger partial charge >= 0.3 is 0 Å². The molecule has 1 saturated heterocycles. The standard InChI is InChI=1S/C18H25N5O/c1-18(2,3)17(24)23-10-8-22(9-11-23)12-15-20-14-7-5-4-6-13(14)16(19)21-15/h4-7H,8-12H2,1-3H3,(H2,19,20,21). The van der Waals surface area contributed by atoms with E-state index >= 15 is 0 Å². The summed E-state index contributed by atoms with van der Waals surface area (Å²) in [5.41, 5.74) is 6.60. The molecule has 1 aromatic heterocycles. The monoisotopic (exact) mass is 327 g/mol. The maximum atomic E-state index is 12.3. The zero-order valence-corrected chi connectivity index (χ0v) is 14.6. The second-order valence-electron chi connectivity index (χ2n) is 7.36. The fourth-order valence-corrected chi connectivity index (χ4v) is 3.01. The fourth-order valence-electron chi connectivity index (χ4n) is 3.01. The van der Waals surface area contributed by atoms with Crippen LogP contribution in [0.4, 0.5) is 5.82 Å². The van der Waals surface area contributed by atoms with Gasteiger partial charge in [-0.1, -0.05) is 32.9 Å². The zero-order chi connectivity index (χ0) is 17.3. The van der Waals surface area contributed by atoms with Crippen LogP contribution in [0.25, 0.3) is 10.9 Å². The first kappa shape index (κ1) is 16.6. The Morgan fingerprint density at radius 3 is 2.46 bits per heavy atom. The van der Waals surface area contributed by atoms with E-state index in [1.54, 1.807) is 0 Å². The molecule has 0 atom stereocenters. The maximum absolute atomic E-state index is 12.3. The highest BCUT2D eigenvalue weighted by Crippen LogP contribution is 2.20. The third-order valence-electron chi connectivity index (χ3n) is 4.35. The third kappa shape index (κ3) is 3.48. The molecule has 2 heterocycles. The normalized spacial score (nSPS) is 16.5. The average Bonchev–Trinajstić information content (AvgIpc) is 2.54. The number of aromatic nitrogens is 2. The first-order valence-electron chi connectivity index (χ1n) is 8.37. The summed E-state index contributed by atoms with van der Waals surface area (Å²) in [6, 6.07) is 7.78. The fraction of sp³-hybridized carbons (Fsp3) is 0.500. The molecule has 1 amide bonds. The molecule has 1 aliphatic rings. The number of nitrogen functional groups attached to an aromatic ring is 1. The van der Waals surface area contributed by atoms with Crippen molar-refractivity contribution in [3.05, 3.63) is 30.1 Å². The molecule has 0 bridgehead atoms. The topological polar surface area (TPSA) is 75.4 Å². The number of anilines is 1. The summed E-state index contributed by atoms with van der Waals surface area (Å²) in [7, 11) is 0. The van der Waals surface area contributed by atoms with Crippen molar-refractivity contribution in [1.29, 1.82) is 0 Å². The van der Waals surface area contributed by atoms with Crippen LogP contribution in [0.5, 0.6) is 0 Å². The lowest BCUT2D eigenvalue weighted by molar-refractivity contribution is -0.141. The Hall–Kier alpha value is -2.21. The van der Waals surface area contributed by atoms with Crippen molar-refractivity contribution in [2.75, 3.05) is 31.9 Å². The molecule has 2 N–H and O–H groups in total. The molecule has 0 saturated carbocycles. The minimum atomic E-state index is -0.321. The molecule has 24 heavy (non-hydrogen) atoms. The van der Waals surface area contributed by atoms with Crippen LogP contribution in [0, 0.1) is 5.41 Å². The molecule has 0 radical (unpaired) electrons. The average molecular weight is 327 g/mol. The number of piperazine rings is 1. The minimum absolute atomic E-state index is 0.216. The van der Waals surface area contributed by atoms with E-state index in [1.165, 1.54) is 0 Å². The number of nitrogens with two attached hydrogens (primary N) is 1. The van der Waals surface area contributed by atoms with Crippen molar-refractivity contribution in [2.45, 2.75) is 27.3 Å². The van der Waals surface area contributed by atoms with Crippen LogP contribution < -0.4 is 5.73 Å². The van der Waals surface area contributed by atoms with E-state index in [0.717, 1.165) is 42.9 Å². The summed E-state index contributed by atoms with van der Waals surface area (Å²) in [5.74, 6) is 1.48. The molecule has 0 spiro atoms. The van der Waals surface area contributed by atoms with E-state index < -0.39 is 0 Å². The van der Waals surface area contributed by atoms with Crippen LogP contribution >= 0.6 is 0 Å². The molecular weight excluding hydrogens is 302 g/mol. The van der Waals surface area contributed by atoms with Gasteiger partial charge in [0.15, 0.2) is 0 Å². The van der Waals surface area contributed by atoms with Crippen LogP contribution in [-0.2, 0) is 11.3 Å². The number of para-hydroxylation sites is 1. The second-order valence-corrected chi connectivity index (χ2v) is 7.36. The van der Waals surface area contributed by atoms with E-state index in [-0.39, 0.29) is 11.3 Å².